The Hall–Kier alpha value is -4.30. The zero-order valence-electron chi connectivity index (χ0n) is 27.0. The van der Waals surface area contributed by atoms with Crippen LogP contribution in [0.3, 0.4) is 0 Å². The van der Waals surface area contributed by atoms with E-state index in [0.717, 1.165) is 16.0 Å². The Morgan fingerprint density at radius 3 is 2.52 bits per heavy atom. The van der Waals surface area contributed by atoms with Crippen LogP contribution in [0.25, 0.3) is 0 Å². The number of nitrogens with zero attached hydrogens (tertiary/aromatic N) is 2. The molecule has 5 rings (SSSR count). The molecule has 4 N–H and O–H groups in total. The third kappa shape index (κ3) is 7.54. The van der Waals surface area contributed by atoms with Gasteiger partial charge in [-0.25, -0.2) is 9.59 Å². The highest BCUT2D eigenvalue weighted by Gasteiger charge is 2.60. The third-order valence-corrected chi connectivity index (χ3v) is 9.66. The number of alkyl halides is 3. The van der Waals surface area contributed by atoms with E-state index in [1.54, 1.807) is 0 Å². The van der Waals surface area contributed by atoms with E-state index in [1.165, 1.54) is 4.90 Å². The summed E-state index contributed by atoms with van der Waals surface area (Å²) < 4.78 is 50.8. The topological polar surface area (TPSA) is 160 Å². The molecule has 1 aromatic rings. The van der Waals surface area contributed by atoms with Crippen molar-refractivity contribution in [3.05, 3.63) is 47.5 Å². The number of carbonyl (C=O) groups excluding carboxylic acids is 5. The maximum absolute atomic E-state index is 14.1. The van der Waals surface area contributed by atoms with Gasteiger partial charge in [-0.1, -0.05) is 49.3 Å². The van der Waals surface area contributed by atoms with E-state index >= 15 is 0 Å². The SMILES string of the molecule is CC(C)(OC(=O)N[C@H]1CCCCC/C=C\[C@@H]2C[C@@]2(C(N)=O)NC(=O)[C@@H]2C[C@@H](OC(=O)N3CCc4ccccc4C3)CN2C1=O)C(F)(F)F. The molecule has 3 heterocycles. The molecule has 0 bridgehead atoms. The number of fused-ring (bicyclic) bond motifs is 3. The number of nitrogens with one attached hydrogen (secondary N) is 2. The predicted molar refractivity (Wildman–Crippen MR) is 165 cm³/mol. The van der Waals surface area contributed by atoms with Crippen molar-refractivity contribution in [2.24, 2.45) is 11.7 Å². The molecule has 0 spiro atoms. The minimum Gasteiger partial charge on any atom is -0.444 e. The number of carbonyl (C=O) groups is 5. The molecule has 1 aliphatic carbocycles. The lowest BCUT2D eigenvalue weighted by Crippen LogP contribution is -2.57. The van der Waals surface area contributed by atoms with Gasteiger partial charge in [0.2, 0.25) is 23.3 Å². The second-order valence-corrected chi connectivity index (χ2v) is 13.5. The number of primary amides is 1. The minimum absolute atomic E-state index is 0.0560. The van der Waals surface area contributed by atoms with E-state index in [4.69, 9.17) is 10.5 Å². The van der Waals surface area contributed by atoms with E-state index in [-0.39, 0.29) is 31.7 Å². The van der Waals surface area contributed by atoms with Crippen LogP contribution in [0, 0.1) is 5.92 Å². The fraction of sp³-hybridized carbons (Fsp3) is 0.606. The van der Waals surface area contributed by atoms with Crippen molar-refractivity contribution in [3.8, 4) is 0 Å². The first kappa shape index (κ1) is 35.0. The molecule has 3 aliphatic heterocycles. The molecule has 1 saturated heterocycles. The van der Waals surface area contributed by atoms with Crippen LogP contribution >= 0.6 is 0 Å². The summed E-state index contributed by atoms with van der Waals surface area (Å²) >= 11 is 0. The maximum atomic E-state index is 14.1. The average Bonchev–Trinajstić information content (AvgIpc) is 3.55. The number of rotatable bonds is 4. The molecule has 262 valence electrons. The first-order valence-electron chi connectivity index (χ1n) is 16.3. The lowest BCUT2D eigenvalue weighted by Gasteiger charge is -2.31. The monoisotopic (exact) mass is 677 g/mol. The van der Waals surface area contributed by atoms with E-state index in [0.29, 0.717) is 59.0 Å². The third-order valence-electron chi connectivity index (χ3n) is 9.66. The van der Waals surface area contributed by atoms with Crippen molar-refractivity contribution in [2.45, 2.75) is 107 Å². The molecule has 48 heavy (non-hydrogen) atoms. The second kappa shape index (κ2) is 13.7. The molecule has 5 atom stereocenters. The van der Waals surface area contributed by atoms with E-state index < -0.39 is 65.4 Å². The zero-order chi connectivity index (χ0) is 34.9. The summed E-state index contributed by atoms with van der Waals surface area (Å²) in [4.78, 5) is 69.1. The van der Waals surface area contributed by atoms with Gasteiger partial charge in [0, 0.05) is 25.4 Å². The Kier molecular flexibility index (Phi) is 9.97. The number of hydrogen-bond donors (Lipinski definition) is 3. The summed E-state index contributed by atoms with van der Waals surface area (Å²) in [6.45, 7) is 1.90. The quantitative estimate of drug-likeness (QED) is 0.412. The number of alkyl carbamates (subject to hydrolysis) is 1. The number of ether oxygens (including phenoxy) is 2. The van der Waals surface area contributed by atoms with Gasteiger partial charge in [0.1, 0.15) is 23.7 Å². The summed E-state index contributed by atoms with van der Waals surface area (Å²) in [6, 6.07) is 5.15. The van der Waals surface area contributed by atoms with Gasteiger partial charge in [0.15, 0.2) is 0 Å². The van der Waals surface area contributed by atoms with E-state index in [9.17, 15) is 37.1 Å². The van der Waals surface area contributed by atoms with Crippen LogP contribution in [0.15, 0.2) is 36.4 Å². The highest BCUT2D eigenvalue weighted by atomic mass is 19.4. The molecule has 0 radical (unpaired) electrons. The highest BCUT2D eigenvalue weighted by molar-refractivity contribution is 5.97. The summed E-state index contributed by atoms with van der Waals surface area (Å²) in [5, 5.41) is 5.02. The number of amides is 5. The zero-order valence-corrected chi connectivity index (χ0v) is 27.0. The summed E-state index contributed by atoms with van der Waals surface area (Å²) in [5.41, 5.74) is 3.65. The van der Waals surface area contributed by atoms with Gasteiger partial charge in [-0.15, -0.1) is 0 Å². The Morgan fingerprint density at radius 2 is 1.81 bits per heavy atom. The average molecular weight is 678 g/mol. The fourth-order valence-electron chi connectivity index (χ4n) is 6.52. The summed E-state index contributed by atoms with van der Waals surface area (Å²) in [7, 11) is 0. The van der Waals surface area contributed by atoms with Crippen LogP contribution in [-0.2, 0) is 36.8 Å². The Bertz CT molecular complexity index is 1470. The molecule has 12 nitrogen and oxygen atoms in total. The van der Waals surface area contributed by atoms with Crippen molar-refractivity contribution >= 4 is 29.9 Å². The van der Waals surface area contributed by atoms with Gasteiger partial charge in [-0.05, 0) is 57.1 Å². The van der Waals surface area contributed by atoms with Gasteiger partial charge >= 0.3 is 18.4 Å². The molecule has 0 aromatic heterocycles. The van der Waals surface area contributed by atoms with Crippen LogP contribution in [0.4, 0.5) is 22.8 Å². The number of halogens is 3. The molecular formula is C33H42F3N5O7. The number of allylic oxidation sites excluding steroid dienone is 1. The van der Waals surface area contributed by atoms with Gasteiger partial charge in [0.05, 0.1) is 6.54 Å². The number of nitrogens with two attached hydrogens (primary N) is 1. The molecule has 5 amide bonds. The summed E-state index contributed by atoms with van der Waals surface area (Å²) in [5.74, 6) is -2.51. The van der Waals surface area contributed by atoms with E-state index in [2.05, 4.69) is 15.4 Å². The lowest BCUT2D eigenvalue weighted by molar-refractivity contribution is -0.244. The molecule has 2 fully saturated rings. The largest absolute Gasteiger partial charge is 0.444 e. The van der Waals surface area contributed by atoms with Gasteiger partial charge in [0.25, 0.3) is 0 Å². The fourth-order valence-corrected chi connectivity index (χ4v) is 6.52. The van der Waals surface area contributed by atoms with Gasteiger partial charge < -0.3 is 35.6 Å². The molecule has 1 aromatic carbocycles. The number of hydrogen-bond acceptors (Lipinski definition) is 7. The van der Waals surface area contributed by atoms with Crippen molar-refractivity contribution in [1.82, 2.24) is 20.4 Å². The smallest absolute Gasteiger partial charge is 0.427 e. The Morgan fingerprint density at radius 1 is 1.08 bits per heavy atom. The molecular weight excluding hydrogens is 635 g/mol. The lowest BCUT2D eigenvalue weighted by atomic mass is 10.0. The highest BCUT2D eigenvalue weighted by Crippen LogP contribution is 2.45. The normalized spacial score (nSPS) is 28.8. The first-order valence-corrected chi connectivity index (χ1v) is 16.3. The first-order chi connectivity index (χ1) is 22.6. The summed E-state index contributed by atoms with van der Waals surface area (Å²) in [6.07, 6.45) is -0.854. The van der Waals surface area contributed by atoms with Crippen molar-refractivity contribution in [2.75, 3.05) is 13.1 Å². The molecule has 1 saturated carbocycles. The van der Waals surface area contributed by atoms with Crippen molar-refractivity contribution in [3.63, 3.8) is 0 Å². The Labute approximate surface area is 276 Å². The standard InChI is InChI=1S/C33H42F3N5O7/c1-31(2,33(34,35)36)48-29(45)38-24-13-7-5-3-4-6-12-22-17-32(22,28(37)44)39-26(42)25-16-23(19-41(25)27(24)43)47-30(46)40-15-14-20-10-8-9-11-21(20)18-40/h6,8-12,22-25H,3-5,7,13-19H2,1-2H3,(H2,37,44)(H,38,45)(H,39,42)/b12-6-/t22-,23-,24+,25+,32-/m1/s1. The van der Waals surface area contributed by atoms with Crippen LogP contribution < -0.4 is 16.4 Å². The molecule has 4 aliphatic rings. The van der Waals surface area contributed by atoms with Gasteiger partial charge in [-0.3, -0.25) is 14.4 Å². The molecule has 15 heteroatoms. The maximum Gasteiger partial charge on any atom is 0.427 e. The van der Waals surface area contributed by atoms with Crippen LogP contribution in [0.2, 0.25) is 0 Å². The van der Waals surface area contributed by atoms with E-state index in [1.807, 2.05) is 36.4 Å². The van der Waals surface area contributed by atoms with Crippen LogP contribution in [0.1, 0.15) is 69.9 Å². The Balaban J connectivity index is 1.37. The van der Waals surface area contributed by atoms with Crippen molar-refractivity contribution in [1.29, 1.82) is 0 Å². The van der Waals surface area contributed by atoms with Crippen LogP contribution in [0.5, 0.6) is 0 Å². The second-order valence-electron chi connectivity index (χ2n) is 13.5. The van der Waals surface area contributed by atoms with Crippen molar-refractivity contribution < 1.29 is 46.6 Å². The van der Waals surface area contributed by atoms with Gasteiger partial charge in [-0.2, -0.15) is 13.2 Å². The number of benzene rings is 1. The minimum atomic E-state index is -4.87. The van der Waals surface area contributed by atoms with Crippen LogP contribution in [-0.4, -0.2) is 88.3 Å². The molecule has 0 unspecified atom stereocenters. The predicted octanol–water partition coefficient (Wildman–Crippen LogP) is 3.47.